The Morgan fingerprint density at radius 2 is 2.04 bits per heavy atom. The fraction of sp³-hybridized carbons (Fsp3) is 0.600. The SMILES string of the molecule is Cc1c(C(C)PC(C)(F)P)n[n-]c1NC(=O)OC1CC(F)(F)C1.[CH3-].[CH3-].[K+]. The normalized spacial score (nSPS) is 19.2. The number of carbonyl (C=O) groups excluding carboxylic acids is 1. The van der Waals surface area contributed by atoms with E-state index in [0.29, 0.717) is 11.3 Å². The van der Waals surface area contributed by atoms with Crippen molar-refractivity contribution in [1.82, 2.24) is 10.2 Å². The van der Waals surface area contributed by atoms with Crippen LogP contribution in [-0.2, 0) is 4.74 Å². The largest absolute Gasteiger partial charge is 1.00 e. The average molecular weight is 437 g/mol. The molecule has 1 N–H and O–H groups in total. The molecule has 1 aromatic rings. The monoisotopic (exact) mass is 437 g/mol. The summed E-state index contributed by atoms with van der Waals surface area (Å²) in [5, 5.41) is 8.83. The maximum absolute atomic E-state index is 13.7. The van der Waals surface area contributed by atoms with Crippen LogP contribution in [0.25, 0.3) is 0 Å². The Balaban J connectivity index is 0. The first-order valence-corrected chi connectivity index (χ1v) is 8.73. The van der Waals surface area contributed by atoms with E-state index in [9.17, 15) is 18.0 Å². The van der Waals surface area contributed by atoms with Gasteiger partial charge in [0.05, 0.1) is 0 Å². The molecule has 0 bridgehead atoms. The van der Waals surface area contributed by atoms with Crippen molar-refractivity contribution < 1.29 is 74.1 Å². The first-order chi connectivity index (χ1) is 10.5. The molecule has 11 heteroatoms. The van der Waals surface area contributed by atoms with Crippen molar-refractivity contribution in [3.05, 3.63) is 26.1 Å². The topological polar surface area (TPSA) is 65.3 Å². The minimum atomic E-state index is -2.75. The standard InChI is InChI=1S/C13H20F3N3O2P2.2CH3.K/c1-6-9(7(2)23-12(3,14)22)18-19-10(6)17-11(20)21-8-4-13(15,16)5-8;;;/h7-8,23H,4-5,22H2,1-3H3,(H2,17,18,19,20);2*1H3;/q;2*-1;+1/p-1. The Hall–Kier alpha value is 0.766. The van der Waals surface area contributed by atoms with Gasteiger partial charge in [0, 0.05) is 24.2 Å². The van der Waals surface area contributed by atoms with Crippen molar-refractivity contribution >= 4 is 29.7 Å². The number of carbonyl (C=O) groups is 1. The molecule has 146 valence electrons. The van der Waals surface area contributed by atoms with E-state index in [2.05, 4.69) is 24.8 Å². The van der Waals surface area contributed by atoms with Gasteiger partial charge in [0.25, 0.3) is 5.92 Å². The second kappa shape index (κ2) is 11.1. The molecule has 26 heavy (non-hydrogen) atoms. The van der Waals surface area contributed by atoms with Gasteiger partial charge in [-0.15, -0.1) is 0 Å². The Morgan fingerprint density at radius 1 is 1.50 bits per heavy atom. The van der Waals surface area contributed by atoms with Crippen molar-refractivity contribution in [2.24, 2.45) is 0 Å². The fourth-order valence-corrected chi connectivity index (χ4v) is 4.37. The molecule has 1 amide bonds. The third kappa shape index (κ3) is 8.42. The molecule has 1 fully saturated rings. The van der Waals surface area contributed by atoms with E-state index in [1.807, 2.05) is 6.92 Å². The molecule has 4 unspecified atom stereocenters. The number of ether oxygens (including phenoxy) is 1. The molecule has 0 radical (unpaired) electrons. The molecule has 0 aromatic carbocycles. The molecule has 1 saturated carbocycles. The Labute approximate surface area is 200 Å². The van der Waals surface area contributed by atoms with Crippen LogP contribution in [-0.4, -0.2) is 28.4 Å². The van der Waals surface area contributed by atoms with Crippen LogP contribution in [0.5, 0.6) is 0 Å². The van der Waals surface area contributed by atoms with E-state index in [-0.39, 0.29) is 86.3 Å². The van der Waals surface area contributed by atoms with Gasteiger partial charge in [0.2, 0.25) is 0 Å². The van der Waals surface area contributed by atoms with Gasteiger partial charge >= 0.3 is 57.5 Å². The summed E-state index contributed by atoms with van der Waals surface area (Å²) in [4.78, 5) is 11.7. The van der Waals surface area contributed by atoms with Crippen LogP contribution >= 0.6 is 17.8 Å². The molecule has 1 aromatic heterocycles. The number of rotatable bonds is 5. The fourth-order valence-electron chi connectivity index (χ4n) is 2.36. The van der Waals surface area contributed by atoms with E-state index < -0.39 is 36.1 Å². The minimum Gasteiger partial charge on any atom is -0.461 e. The van der Waals surface area contributed by atoms with Crippen LogP contribution in [0.4, 0.5) is 23.8 Å². The van der Waals surface area contributed by atoms with Crippen molar-refractivity contribution in [3.63, 3.8) is 0 Å². The van der Waals surface area contributed by atoms with Crippen molar-refractivity contribution in [3.8, 4) is 0 Å². The molecule has 0 spiro atoms. The molecule has 0 aliphatic heterocycles. The van der Waals surface area contributed by atoms with Crippen LogP contribution in [0, 0.1) is 21.8 Å². The summed E-state index contributed by atoms with van der Waals surface area (Å²) in [7, 11) is 2.11. The summed E-state index contributed by atoms with van der Waals surface area (Å²) in [6.45, 7) is 5.00. The van der Waals surface area contributed by atoms with Crippen molar-refractivity contribution in [1.29, 1.82) is 0 Å². The molecular formula is C15H25F3KN3O2P2-2. The number of halogens is 3. The number of hydrogen-bond acceptors (Lipinski definition) is 3. The van der Waals surface area contributed by atoms with Gasteiger partial charge in [-0.1, -0.05) is 24.7 Å². The van der Waals surface area contributed by atoms with Crippen LogP contribution in [0.1, 0.15) is 43.6 Å². The summed E-state index contributed by atoms with van der Waals surface area (Å²) >= 11 is 0. The second-order valence-electron chi connectivity index (χ2n) is 5.92. The number of anilines is 1. The summed E-state index contributed by atoms with van der Waals surface area (Å²) in [5.74, 6) is -2.54. The zero-order chi connectivity index (χ0) is 17.4. The number of alkyl halides is 3. The zero-order valence-electron chi connectivity index (χ0n) is 16.0. The maximum atomic E-state index is 13.7. The van der Waals surface area contributed by atoms with Gasteiger partial charge in [-0.3, -0.25) is 9.89 Å². The quantitative estimate of drug-likeness (QED) is 0.434. The Kier molecular flexibility index (Phi) is 12.3. The second-order valence-corrected chi connectivity index (χ2v) is 9.71. The van der Waals surface area contributed by atoms with E-state index in [1.165, 1.54) is 6.92 Å². The van der Waals surface area contributed by atoms with Gasteiger partial charge in [-0.2, -0.15) is 0 Å². The van der Waals surface area contributed by atoms with Crippen molar-refractivity contribution in [2.45, 2.75) is 56.4 Å². The molecule has 1 aliphatic rings. The number of aromatic nitrogens is 2. The summed E-state index contributed by atoms with van der Waals surface area (Å²) in [5.41, 5.74) is 1.06. The van der Waals surface area contributed by atoms with Crippen molar-refractivity contribution in [2.75, 3.05) is 5.32 Å². The van der Waals surface area contributed by atoms with Gasteiger partial charge in [-0.25, -0.2) is 13.2 Å². The van der Waals surface area contributed by atoms with Crippen LogP contribution < -0.4 is 61.8 Å². The van der Waals surface area contributed by atoms with Gasteiger partial charge in [0.1, 0.15) is 11.3 Å². The zero-order valence-corrected chi connectivity index (χ0v) is 21.3. The number of nitrogens with zero attached hydrogens (tertiary/aromatic N) is 2. The molecule has 5 nitrogen and oxygen atoms in total. The van der Waals surface area contributed by atoms with Crippen LogP contribution in [0.2, 0.25) is 0 Å². The van der Waals surface area contributed by atoms with Gasteiger partial charge < -0.3 is 30.0 Å². The summed E-state index contributed by atoms with van der Waals surface area (Å²) in [6, 6.07) is 0. The third-order valence-electron chi connectivity index (χ3n) is 3.45. The molecule has 0 saturated heterocycles. The number of nitrogens with one attached hydrogen (secondary N) is 1. The first-order valence-electron chi connectivity index (χ1n) is 7.08. The molecule has 1 heterocycles. The van der Waals surface area contributed by atoms with Crippen LogP contribution in [0.15, 0.2) is 0 Å². The van der Waals surface area contributed by atoms with Gasteiger partial charge in [0.15, 0.2) is 0 Å². The molecule has 4 atom stereocenters. The molecule has 1 aliphatic carbocycles. The summed E-state index contributed by atoms with van der Waals surface area (Å²) < 4.78 is 44.0. The third-order valence-corrected chi connectivity index (χ3v) is 5.22. The maximum Gasteiger partial charge on any atom is 1.00 e. The Bertz CT molecular complexity index is 589. The molecular weight excluding hydrogens is 412 g/mol. The number of hydrogen-bond donors (Lipinski definition) is 1. The van der Waals surface area contributed by atoms with E-state index in [1.54, 1.807) is 6.92 Å². The number of amides is 1. The first kappa shape index (κ1) is 29.0. The Morgan fingerprint density at radius 3 is 2.50 bits per heavy atom. The predicted octanol–water partition coefficient (Wildman–Crippen LogP) is 1.86. The van der Waals surface area contributed by atoms with E-state index in [0.717, 1.165) is 0 Å². The van der Waals surface area contributed by atoms with Gasteiger partial charge in [-0.05, 0) is 25.2 Å². The van der Waals surface area contributed by atoms with E-state index in [4.69, 9.17) is 4.74 Å². The average Bonchev–Trinajstić information content (AvgIpc) is 2.66. The predicted molar refractivity (Wildman–Crippen MR) is 99.1 cm³/mol. The molecule has 2 rings (SSSR count). The van der Waals surface area contributed by atoms with E-state index >= 15 is 0 Å². The minimum absolute atomic E-state index is 0. The smallest absolute Gasteiger partial charge is 0.461 e. The van der Waals surface area contributed by atoms with Crippen LogP contribution in [0.3, 0.4) is 0 Å². The summed E-state index contributed by atoms with van der Waals surface area (Å²) in [6.07, 6.45) is -2.54.